The first-order chi connectivity index (χ1) is 13.3. The smallest absolute Gasteiger partial charge is 0.144 e. The number of thioether (sulfide) groups is 1. The minimum absolute atomic E-state index is 0.223. The summed E-state index contributed by atoms with van der Waals surface area (Å²) in [7, 11) is 0. The number of hydrogen-bond acceptors (Lipinski definition) is 7. The normalized spacial score (nSPS) is 18.6. The SMILES string of the molecule is CC(=N)/C(C)=C1\C(=N)Sc2c(NCc3ccc4c(c3)COC4(C)C)ncnc21. The van der Waals surface area contributed by atoms with E-state index in [0.29, 0.717) is 23.9 Å². The average molecular weight is 394 g/mol. The summed E-state index contributed by atoms with van der Waals surface area (Å²) in [6.07, 6.45) is 1.52. The molecule has 2 aliphatic rings. The predicted molar refractivity (Wildman–Crippen MR) is 113 cm³/mol. The molecule has 4 rings (SSSR count). The van der Waals surface area contributed by atoms with E-state index in [0.717, 1.165) is 33.1 Å². The number of allylic oxidation sites excluding steroid dienone is 1. The van der Waals surface area contributed by atoms with Gasteiger partial charge in [0.1, 0.15) is 17.2 Å². The van der Waals surface area contributed by atoms with Gasteiger partial charge >= 0.3 is 0 Å². The van der Waals surface area contributed by atoms with Crippen LogP contribution in [0.1, 0.15) is 50.1 Å². The fourth-order valence-corrected chi connectivity index (χ4v) is 4.58. The average Bonchev–Trinajstić information content (AvgIpc) is 3.15. The third kappa shape index (κ3) is 3.14. The van der Waals surface area contributed by atoms with Gasteiger partial charge < -0.3 is 15.5 Å². The summed E-state index contributed by atoms with van der Waals surface area (Å²) < 4.78 is 5.86. The van der Waals surface area contributed by atoms with E-state index in [2.05, 4.69) is 47.3 Å². The summed E-state index contributed by atoms with van der Waals surface area (Å²) in [6.45, 7) is 9.06. The van der Waals surface area contributed by atoms with E-state index in [-0.39, 0.29) is 5.60 Å². The van der Waals surface area contributed by atoms with Gasteiger partial charge in [0.15, 0.2) is 0 Å². The molecular formula is C21H23N5OS. The standard InChI is InChI=1S/C21H23N5OS/c1-11(12(2)22)16-17-18(28-19(16)23)20(26-10-25-17)24-8-13-5-6-15-14(7-13)9-27-21(15,3)4/h5-7,10,22-23H,8-9H2,1-4H3,(H,24,25,26)/b16-11-,22-12?,23-19?. The molecule has 0 fully saturated rings. The summed E-state index contributed by atoms with van der Waals surface area (Å²) in [5, 5.41) is 20.0. The van der Waals surface area contributed by atoms with Crippen LogP contribution in [0.3, 0.4) is 0 Å². The van der Waals surface area contributed by atoms with Crippen molar-refractivity contribution in [3.8, 4) is 0 Å². The second-order valence-electron chi connectivity index (χ2n) is 7.60. The van der Waals surface area contributed by atoms with Crippen LogP contribution >= 0.6 is 11.8 Å². The molecule has 28 heavy (non-hydrogen) atoms. The van der Waals surface area contributed by atoms with Crippen LogP contribution in [0.5, 0.6) is 0 Å². The Balaban J connectivity index is 1.60. The Morgan fingerprint density at radius 3 is 2.82 bits per heavy atom. The van der Waals surface area contributed by atoms with E-state index >= 15 is 0 Å². The molecular weight excluding hydrogens is 370 g/mol. The Morgan fingerprint density at radius 2 is 2.07 bits per heavy atom. The van der Waals surface area contributed by atoms with Crippen LogP contribution in [-0.4, -0.2) is 20.7 Å². The lowest BCUT2D eigenvalue weighted by atomic mass is 9.95. The Kier molecular flexibility index (Phi) is 4.59. The largest absolute Gasteiger partial charge is 0.366 e. The number of rotatable bonds is 4. The van der Waals surface area contributed by atoms with Gasteiger partial charge in [-0.05, 0) is 50.0 Å². The molecule has 0 aliphatic carbocycles. The van der Waals surface area contributed by atoms with Crippen LogP contribution in [0.15, 0.2) is 35.0 Å². The first-order valence-electron chi connectivity index (χ1n) is 9.16. The zero-order chi connectivity index (χ0) is 20.1. The number of fused-ring (bicyclic) bond motifs is 2. The van der Waals surface area contributed by atoms with Crippen LogP contribution in [0.4, 0.5) is 5.82 Å². The lowest BCUT2D eigenvalue weighted by Gasteiger charge is -2.18. The molecule has 0 saturated heterocycles. The molecule has 0 amide bonds. The van der Waals surface area contributed by atoms with Gasteiger partial charge in [-0.3, -0.25) is 5.41 Å². The highest BCUT2D eigenvalue weighted by molar-refractivity contribution is 8.15. The van der Waals surface area contributed by atoms with Gasteiger partial charge in [0.05, 0.1) is 22.8 Å². The highest BCUT2D eigenvalue weighted by atomic mass is 32.2. The van der Waals surface area contributed by atoms with Crippen LogP contribution < -0.4 is 5.32 Å². The molecule has 0 unspecified atom stereocenters. The second-order valence-corrected chi connectivity index (χ2v) is 8.62. The van der Waals surface area contributed by atoms with E-state index in [1.54, 1.807) is 6.92 Å². The first kappa shape index (κ1) is 18.8. The van der Waals surface area contributed by atoms with Gasteiger partial charge in [-0.1, -0.05) is 30.0 Å². The zero-order valence-corrected chi connectivity index (χ0v) is 17.3. The topological polar surface area (TPSA) is 94.7 Å². The minimum atomic E-state index is -0.223. The van der Waals surface area contributed by atoms with Gasteiger partial charge in [0, 0.05) is 17.8 Å². The van der Waals surface area contributed by atoms with Gasteiger partial charge in [-0.25, -0.2) is 9.97 Å². The lowest BCUT2D eigenvalue weighted by Crippen LogP contribution is -2.14. The van der Waals surface area contributed by atoms with Gasteiger partial charge in [0.2, 0.25) is 0 Å². The molecule has 0 radical (unpaired) electrons. The molecule has 0 atom stereocenters. The van der Waals surface area contributed by atoms with Gasteiger partial charge in [0.25, 0.3) is 0 Å². The van der Waals surface area contributed by atoms with Crippen molar-refractivity contribution in [1.82, 2.24) is 9.97 Å². The summed E-state index contributed by atoms with van der Waals surface area (Å²) in [4.78, 5) is 9.64. The molecule has 0 spiro atoms. The molecule has 1 aromatic carbocycles. The number of aromatic nitrogens is 2. The van der Waals surface area contributed by atoms with Crippen molar-refractivity contribution in [1.29, 1.82) is 10.8 Å². The maximum Gasteiger partial charge on any atom is 0.144 e. The molecule has 2 aliphatic heterocycles. The van der Waals surface area contributed by atoms with Crippen LogP contribution in [0.25, 0.3) is 5.57 Å². The second kappa shape index (κ2) is 6.83. The fourth-order valence-electron chi connectivity index (χ4n) is 3.56. The molecule has 6 nitrogen and oxygen atoms in total. The summed E-state index contributed by atoms with van der Waals surface area (Å²) in [5.41, 5.74) is 6.11. The molecule has 1 aromatic heterocycles. The number of hydrogen-bond donors (Lipinski definition) is 3. The van der Waals surface area contributed by atoms with Gasteiger partial charge in [-0.2, -0.15) is 0 Å². The quantitative estimate of drug-likeness (QED) is 0.652. The van der Waals surface area contributed by atoms with Crippen LogP contribution in [-0.2, 0) is 23.5 Å². The predicted octanol–water partition coefficient (Wildman–Crippen LogP) is 4.75. The van der Waals surface area contributed by atoms with Crippen LogP contribution in [0.2, 0.25) is 0 Å². The molecule has 144 valence electrons. The van der Waals surface area contributed by atoms with Crippen LogP contribution in [0, 0.1) is 10.8 Å². The molecule has 3 heterocycles. The Morgan fingerprint density at radius 1 is 1.29 bits per heavy atom. The first-order valence-corrected chi connectivity index (χ1v) is 9.98. The highest BCUT2D eigenvalue weighted by Gasteiger charge is 2.31. The third-order valence-corrected chi connectivity index (χ3v) is 6.28. The van der Waals surface area contributed by atoms with E-state index in [9.17, 15) is 0 Å². The number of nitrogens with zero attached hydrogens (tertiary/aromatic N) is 2. The van der Waals surface area contributed by atoms with Crippen molar-refractivity contribution in [2.45, 2.75) is 51.3 Å². The van der Waals surface area contributed by atoms with E-state index in [1.165, 1.54) is 29.2 Å². The Bertz CT molecular complexity index is 1040. The number of anilines is 1. The van der Waals surface area contributed by atoms with Crippen molar-refractivity contribution in [2.75, 3.05) is 5.32 Å². The van der Waals surface area contributed by atoms with Gasteiger partial charge in [-0.15, -0.1) is 0 Å². The lowest BCUT2D eigenvalue weighted by molar-refractivity contribution is -0.00789. The van der Waals surface area contributed by atoms with Crippen molar-refractivity contribution in [3.63, 3.8) is 0 Å². The number of ether oxygens (including phenoxy) is 1. The summed E-state index contributed by atoms with van der Waals surface area (Å²) >= 11 is 1.35. The third-order valence-electron chi connectivity index (χ3n) is 5.28. The minimum Gasteiger partial charge on any atom is -0.366 e. The maximum atomic E-state index is 8.33. The van der Waals surface area contributed by atoms with Crippen molar-refractivity contribution >= 4 is 33.9 Å². The maximum absolute atomic E-state index is 8.33. The molecule has 7 heteroatoms. The molecule has 2 aromatic rings. The van der Waals surface area contributed by atoms with Crippen molar-refractivity contribution in [2.24, 2.45) is 0 Å². The monoisotopic (exact) mass is 393 g/mol. The molecule has 0 saturated carbocycles. The van der Waals surface area contributed by atoms with Crippen molar-refractivity contribution in [3.05, 3.63) is 52.5 Å². The summed E-state index contributed by atoms with van der Waals surface area (Å²) in [5.74, 6) is 0.724. The van der Waals surface area contributed by atoms with E-state index < -0.39 is 0 Å². The highest BCUT2D eigenvalue weighted by Crippen LogP contribution is 2.44. The zero-order valence-electron chi connectivity index (χ0n) is 16.4. The van der Waals surface area contributed by atoms with E-state index in [1.807, 2.05) is 6.92 Å². The molecule has 0 bridgehead atoms. The number of benzene rings is 1. The fraction of sp³-hybridized carbons (Fsp3) is 0.333. The Hall–Kier alpha value is -2.51. The Labute approximate surface area is 168 Å². The van der Waals surface area contributed by atoms with Crippen molar-refractivity contribution < 1.29 is 4.74 Å². The van der Waals surface area contributed by atoms with E-state index in [4.69, 9.17) is 15.6 Å². The summed E-state index contributed by atoms with van der Waals surface area (Å²) in [6, 6.07) is 6.44. The number of nitrogens with one attached hydrogen (secondary N) is 3. The molecule has 3 N–H and O–H groups in total.